The minimum absolute atomic E-state index is 0. The molecule has 2 aromatic rings. The number of rotatable bonds is 7. The summed E-state index contributed by atoms with van der Waals surface area (Å²) in [7, 11) is 0. The number of carbonyl (C=O) groups excluding carboxylic acids is 2. The smallest absolute Gasteiger partial charge is 0.340 e. The SMILES string of the molecule is CCOC(=O)c1cccc(C)c1NC(=O)C[N+]1(Cc2ccccc2)CCCCCC1.[Br-]. The number of hydrogen-bond acceptors (Lipinski definition) is 3. The Balaban J connectivity index is 0.00000341. The fourth-order valence-corrected chi connectivity index (χ4v) is 4.40. The van der Waals surface area contributed by atoms with Gasteiger partial charge in [0, 0.05) is 5.56 Å². The number of anilines is 1. The average Bonchev–Trinajstić information content (AvgIpc) is 2.95. The number of esters is 1. The van der Waals surface area contributed by atoms with Crippen LogP contribution < -0.4 is 22.3 Å². The first kappa shape index (κ1) is 25.1. The molecular weight excluding hydrogens is 456 g/mol. The fraction of sp³-hybridized carbons (Fsp3) is 0.440. The summed E-state index contributed by atoms with van der Waals surface area (Å²) in [5.41, 5.74) is 3.10. The third-order valence-corrected chi connectivity index (χ3v) is 5.89. The lowest BCUT2D eigenvalue weighted by molar-refractivity contribution is -0.932. The summed E-state index contributed by atoms with van der Waals surface area (Å²) in [5.74, 6) is -0.452. The van der Waals surface area contributed by atoms with Crippen LogP contribution in [-0.4, -0.2) is 42.6 Å². The van der Waals surface area contributed by atoms with Gasteiger partial charge >= 0.3 is 5.97 Å². The molecule has 1 saturated heterocycles. The first-order valence-corrected chi connectivity index (χ1v) is 11.0. The summed E-state index contributed by atoms with van der Waals surface area (Å²) in [6.45, 7) is 7.25. The summed E-state index contributed by atoms with van der Waals surface area (Å²) >= 11 is 0. The number of ether oxygens (including phenoxy) is 1. The van der Waals surface area contributed by atoms with Crippen LogP contribution >= 0.6 is 0 Å². The van der Waals surface area contributed by atoms with E-state index in [9.17, 15) is 9.59 Å². The predicted octanol–water partition coefficient (Wildman–Crippen LogP) is 1.71. The van der Waals surface area contributed by atoms with E-state index in [0.29, 0.717) is 24.4 Å². The number of hydrogen-bond donors (Lipinski definition) is 1. The molecule has 0 unspecified atom stereocenters. The van der Waals surface area contributed by atoms with Gasteiger partial charge in [-0.05, 0) is 51.2 Å². The van der Waals surface area contributed by atoms with Crippen molar-refractivity contribution in [3.05, 3.63) is 65.2 Å². The Morgan fingerprint density at radius 1 is 0.968 bits per heavy atom. The number of amides is 1. The molecule has 0 radical (unpaired) electrons. The molecule has 1 aliphatic rings. The van der Waals surface area contributed by atoms with Gasteiger partial charge in [-0.25, -0.2) is 4.79 Å². The number of quaternary nitrogens is 1. The highest BCUT2D eigenvalue weighted by molar-refractivity contribution is 6.02. The van der Waals surface area contributed by atoms with Crippen molar-refractivity contribution in [1.29, 1.82) is 0 Å². The number of carbonyl (C=O) groups is 2. The lowest BCUT2D eigenvalue weighted by atomic mass is 10.1. The van der Waals surface area contributed by atoms with Crippen molar-refractivity contribution in [2.75, 3.05) is 31.6 Å². The van der Waals surface area contributed by atoms with Gasteiger partial charge in [0.25, 0.3) is 5.91 Å². The summed E-state index contributed by atoms with van der Waals surface area (Å²) < 4.78 is 5.94. The minimum Gasteiger partial charge on any atom is -1.00 e. The van der Waals surface area contributed by atoms with E-state index in [1.165, 1.54) is 18.4 Å². The zero-order valence-corrected chi connectivity index (χ0v) is 20.1. The molecule has 6 heteroatoms. The molecule has 0 aliphatic carbocycles. The van der Waals surface area contributed by atoms with Crippen LogP contribution in [0.4, 0.5) is 5.69 Å². The van der Waals surface area contributed by atoms with E-state index >= 15 is 0 Å². The molecule has 168 valence electrons. The Morgan fingerprint density at radius 3 is 2.29 bits per heavy atom. The highest BCUT2D eigenvalue weighted by Gasteiger charge is 2.32. The van der Waals surface area contributed by atoms with Crippen LogP contribution in [0.3, 0.4) is 0 Å². The maximum atomic E-state index is 13.2. The molecule has 1 N–H and O–H groups in total. The van der Waals surface area contributed by atoms with Gasteiger partial charge in [0.2, 0.25) is 0 Å². The Labute approximate surface area is 196 Å². The van der Waals surface area contributed by atoms with E-state index in [4.69, 9.17) is 4.74 Å². The van der Waals surface area contributed by atoms with Gasteiger partial charge in [-0.1, -0.05) is 42.5 Å². The van der Waals surface area contributed by atoms with E-state index in [2.05, 4.69) is 29.6 Å². The fourth-order valence-electron chi connectivity index (χ4n) is 4.40. The van der Waals surface area contributed by atoms with Crippen LogP contribution in [0.1, 0.15) is 54.1 Å². The van der Waals surface area contributed by atoms with Gasteiger partial charge in [0.05, 0.1) is 30.9 Å². The third kappa shape index (κ3) is 6.91. The number of likely N-dealkylation sites (tertiary alicyclic amines) is 1. The van der Waals surface area contributed by atoms with Crippen LogP contribution in [0.15, 0.2) is 48.5 Å². The average molecular weight is 489 g/mol. The lowest BCUT2D eigenvalue weighted by Crippen LogP contribution is -3.00. The quantitative estimate of drug-likeness (QED) is 0.476. The number of para-hydroxylation sites is 1. The first-order chi connectivity index (χ1) is 14.5. The second-order valence-electron chi connectivity index (χ2n) is 8.27. The number of nitrogens with one attached hydrogen (secondary N) is 1. The number of halogens is 1. The van der Waals surface area contributed by atoms with Crippen LogP contribution in [0.2, 0.25) is 0 Å². The van der Waals surface area contributed by atoms with E-state index in [-0.39, 0.29) is 22.9 Å². The van der Waals surface area contributed by atoms with E-state index in [1.807, 2.05) is 25.1 Å². The Kier molecular flexibility index (Phi) is 9.72. The number of aryl methyl sites for hydroxylation is 1. The Hall–Kier alpha value is -2.18. The van der Waals surface area contributed by atoms with Gasteiger partial charge in [-0.2, -0.15) is 0 Å². The van der Waals surface area contributed by atoms with Crippen molar-refractivity contribution in [1.82, 2.24) is 0 Å². The van der Waals surface area contributed by atoms with Gasteiger partial charge in [0.1, 0.15) is 6.54 Å². The van der Waals surface area contributed by atoms with E-state index in [1.54, 1.807) is 13.0 Å². The standard InChI is InChI=1S/C25H32N2O3.BrH/c1-3-30-25(29)22-15-11-12-20(2)24(22)26-23(28)19-27(16-9-4-5-10-17-27)18-21-13-7-6-8-14-21;/h6-8,11-15H,3-5,9-10,16-19H2,1-2H3;1H. The summed E-state index contributed by atoms with van der Waals surface area (Å²) in [6.07, 6.45) is 4.72. The maximum absolute atomic E-state index is 13.2. The Bertz CT molecular complexity index is 862. The summed E-state index contributed by atoms with van der Waals surface area (Å²) in [6, 6.07) is 15.9. The van der Waals surface area contributed by atoms with Crippen molar-refractivity contribution in [3.63, 3.8) is 0 Å². The third-order valence-electron chi connectivity index (χ3n) is 5.89. The van der Waals surface area contributed by atoms with Crippen molar-refractivity contribution in [2.24, 2.45) is 0 Å². The highest BCUT2D eigenvalue weighted by Crippen LogP contribution is 2.25. The van der Waals surface area contributed by atoms with Gasteiger partial charge in [-0.15, -0.1) is 0 Å². The second-order valence-corrected chi connectivity index (χ2v) is 8.27. The van der Waals surface area contributed by atoms with Crippen molar-refractivity contribution >= 4 is 17.6 Å². The molecule has 1 aliphatic heterocycles. The predicted molar refractivity (Wildman–Crippen MR) is 119 cm³/mol. The maximum Gasteiger partial charge on any atom is 0.340 e. The molecule has 0 saturated carbocycles. The van der Waals surface area contributed by atoms with Crippen molar-refractivity contribution in [2.45, 2.75) is 46.1 Å². The normalized spacial score (nSPS) is 15.3. The molecular formula is C25H33BrN2O3. The highest BCUT2D eigenvalue weighted by atomic mass is 79.9. The van der Waals surface area contributed by atoms with Crippen molar-refractivity contribution in [3.8, 4) is 0 Å². The van der Waals surface area contributed by atoms with E-state index in [0.717, 1.165) is 42.5 Å². The minimum atomic E-state index is -0.403. The topological polar surface area (TPSA) is 55.4 Å². The molecule has 0 spiro atoms. The van der Waals surface area contributed by atoms with Crippen LogP contribution in [0.25, 0.3) is 0 Å². The molecule has 5 nitrogen and oxygen atoms in total. The molecule has 1 heterocycles. The monoisotopic (exact) mass is 488 g/mol. The Morgan fingerprint density at radius 2 is 1.65 bits per heavy atom. The van der Waals surface area contributed by atoms with Gasteiger partial charge in [0.15, 0.2) is 6.54 Å². The van der Waals surface area contributed by atoms with Gasteiger partial charge < -0.3 is 31.5 Å². The van der Waals surface area contributed by atoms with Crippen LogP contribution in [0.5, 0.6) is 0 Å². The van der Waals surface area contributed by atoms with Gasteiger partial charge in [-0.3, -0.25) is 4.79 Å². The van der Waals surface area contributed by atoms with Crippen molar-refractivity contribution < 1.29 is 35.8 Å². The van der Waals surface area contributed by atoms with Crippen LogP contribution in [0, 0.1) is 6.92 Å². The second kappa shape index (κ2) is 12.0. The molecule has 0 bridgehead atoms. The molecule has 3 rings (SSSR count). The zero-order chi connectivity index (χ0) is 21.4. The molecule has 1 fully saturated rings. The molecule has 1 amide bonds. The summed E-state index contributed by atoms with van der Waals surface area (Å²) in [5, 5.41) is 3.04. The lowest BCUT2D eigenvalue weighted by Gasteiger charge is -2.37. The zero-order valence-electron chi connectivity index (χ0n) is 18.5. The summed E-state index contributed by atoms with van der Waals surface area (Å²) in [4.78, 5) is 25.6. The molecule has 2 aromatic carbocycles. The molecule has 31 heavy (non-hydrogen) atoms. The molecule has 0 atom stereocenters. The first-order valence-electron chi connectivity index (χ1n) is 11.0. The number of nitrogens with zero attached hydrogens (tertiary/aromatic N) is 1. The number of benzene rings is 2. The van der Waals surface area contributed by atoms with E-state index < -0.39 is 5.97 Å². The largest absolute Gasteiger partial charge is 1.00 e. The van der Waals surface area contributed by atoms with Crippen LogP contribution in [-0.2, 0) is 16.1 Å². The molecule has 0 aromatic heterocycles.